The second kappa shape index (κ2) is 6.80. The van der Waals surface area contributed by atoms with Crippen molar-refractivity contribution >= 4 is 23.5 Å². The molecule has 0 spiro atoms. The van der Waals surface area contributed by atoms with Gasteiger partial charge in [0.25, 0.3) is 5.91 Å². The fourth-order valence-corrected chi connectivity index (χ4v) is 1.52. The van der Waals surface area contributed by atoms with Gasteiger partial charge in [0.15, 0.2) is 5.84 Å². The van der Waals surface area contributed by atoms with Crippen LogP contribution >= 0.6 is 11.8 Å². The number of hydrogen-bond acceptors (Lipinski definition) is 4. The van der Waals surface area contributed by atoms with Gasteiger partial charge in [-0.25, -0.2) is 0 Å². The van der Waals surface area contributed by atoms with Crippen LogP contribution < -0.4 is 11.1 Å². The zero-order valence-electron chi connectivity index (χ0n) is 9.51. The van der Waals surface area contributed by atoms with E-state index in [1.807, 2.05) is 6.26 Å². The first-order valence-electron chi connectivity index (χ1n) is 5.04. The molecule has 1 aromatic rings. The highest BCUT2D eigenvalue weighted by Crippen LogP contribution is 2.04. The van der Waals surface area contributed by atoms with Crippen LogP contribution in [0.1, 0.15) is 15.9 Å². The van der Waals surface area contributed by atoms with Gasteiger partial charge in [0, 0.05) is 23.4 Å². The highest BCUT2D eigenvalue weighted by Gasteiger charge is 2.05. The first-order chi connectivity index (χ1) is 8.19. The Morgan fingerprint density at radius 1 is 1.41 bits per heavy atom. The van der Waals surface area contributed by atoms with Gasteiger partial charge in [0.1, 0.15) is 0 Å². The number of carbonyl (C=O) groups is 1. The Bertz CT molecular complexity index is 404. The van der Waals surface area contributed by atoms with Crippen molar-refractivity contribution in [1.82, 2.24) is 5.32 Å². The second-order valence-electron chi connectivity index (χ2n) is 3.31. The number of hydrogen-bond donors (Lipinski definition) is 3. The van der Waals surface area contributed by atoms with E-state index in [0.717, 1.165) is 5.75 Å². The van der Waals surface area contributed by atoms with Gasteiger partial charge in [-0.2, -0.15) is 11.8 Å². The number of benzene rings is 1. The Morgan fingerprint density at radius 3 is 2.53 bits per heavy atom. The average molecular weight is 253 g/mol. The number of nitrogens with two attached hydrogens (primary N) is 1. The number of rotatable bonds is 5. The highest BCUT2D eigenvalue weighted by molar-refractivity contribution is 7.98. The normalized spacial score (nSPS) is 11.2. The van der Waals surface area contributed by atoms with Crippen LogP contribution in [0, 0.1) is 0 Å². The number of amidine groups is 1. The fraction of sp³-hybridized carbons (Fsp3) is 0.273. The van der Waals surface area contributed by atoms with Crippen molar-refractivity contribution in [3.63, 3.8) is 0 Å². The summed E-state index contributed by atoms with van der Waals surface area (Å²) in [5.41, 5.74) is 6.55. The van der Waals surface area contributed by atoms with Crippen molar-refractivity contribution in [2.24, 2.45) is 10.9 Å². The Kier molecular flexibility index (Phi) is 5.35. The molecule has 0 saturated carbocycles. The maximum atomic E-state index is 11.6. The van der Waals surface area contributed by atoms with Crippen molar-refractivity contribution in [2.75, 3.05) is 18.6 Å². The average Bonchev–Trinajstić information content (AvgIpc) is 2.38. The molecule has 0 aliphatic carbocycles. The summed E-state index contributed by atoms with van der Waals surface area (Å²) in [7, 11) is 0. The van der Waals surface area contributed by atoms with Gasteiger partial charge in [-0.05, 0) is 18.4 Å². The number of amides is 1. The third kappa shape index (κ3) is 3.99. The molecule has 0 aromatic heterocycles. The summed E-state index contributed by atoms with van der Waals surface area (Å²) in [6, 6.07) is 6.56. The van der Waals surface area contributed by atoms with Crippen LogP contribution in [0.4, 0.5) is 0 Å². The van der Waals surface area contributed by atoms with Crippen LogP contribution in [0.2, 0.25) is 0 Å². The van der Waals surface area contributed by atoms with Crippen LogP contribution in [0.5, 0.6) is 0 Å². The van der Waals surface area contributed by atoms with E-state index in [-0.39, 0.29) is 11.7 Å². The Labute approximate surface area is 104 Å². The molecule has 0 unspecified atom stereocenters. The fourth-order valence-electron chi connectivity index (χ4n) is 1.22. The molecule has 0 bridgehead atoms. The van der Waals surface area contributed by atoms with E-state index in [0.29, 0.717) is 17.7 Å². The van der Waals surface area contributed by atoms with Gasteiger partial charge in [-0.15, -0.1) is 0 Å². The maximum absolute atomic E-state index is 11.6. The molecule has 0 aliphatic rings. The van der Waals surface area contributed by atoms with Gasteiger partial charge in [0.05, 0.1) is 0 Å². The molecule has 17 heavy (non-hydrogen) atoms. The molecule has 1 rings (SSSR count). The smallest absolute Gasteiger partial charge is 0.251 e. The molecule has 0 saturated heterocycles. The van der Waals surface area contributed by atoms with Crippen LogP contribution in [0.25, 0.3) is 0 Å². The molecule has 0 fully saturated rings. The van der Waals surface area contributed by atoms with E-state index >= 15 is 0 Å². The summed E-state index contributed by atoms with van der Waals surface area (Å²) >= 11 is 1.67. The van der Waals surface area contributed by atoms with Gasteiger partial charge >= 0.3 is 0 Å². The lowest BCUT2D eigenvalue weighted by atomic mass is 10.1. The van der Waals surface area contributed by atoms with Crippen molar-refractivity contribution in [1.29, 1.82) is 0 Å². The molecule has 0 heterocycles. The lowest BCUT2D eigenvalue weighted by Crippen LogP contribution is -2.25. The van der Waals surface area contributed by atoms with Crippen LogP contribution in [0.15, 0.2) is 29.4 Å². The van der Waals surface area contributed by atoms with Gasteiger partial charge < -0.3 is 16.3 Å². The van der Waals surface area contributed by atoms with Gasteiger partial charge in [0.2, 0.25) is 0 Å². The van der Waals surface area contributed by atoms with Crippen molar-refractivity contribution < 1.29 is 10.0 Å². The molecular weight excluding hydrogens is 238 g/mol. The standard InChI is InChI=1S/C11H15N3O2S/c1-17-7-6-13-11(15)9-4-2-8(3-5-9)10(12)14-16/h2-5,16H,6-7H2,1H3,(H2,12,14)(H,13,15). The maximum Gasteiger partial charge on any atom is 0.251 e. The van der Waals surface area contributed by atoms with Crippen LogP contribution in [-0.4, -0.2) is 35.5 Å². The molecule has 0 radical (unpaired) electrons. The molecule has 92 valence electrons. The highest BCUT2D eigenvalue weighted by atomic mass is 32.2. The number of nitrogens with one attached hydrogen (secondary N) is 1. The monoisotopic (exact) mass is 253 g/mol. The summed E-state index contributed by atoms with van der Waals surface area (Å²) in [5, 5.41) is 14.2. The van der Waals surface area contributed by atoms with E-state index in [9.17, 15) is 4.79 Å². The summed E-state index contributed by atoms with van der Waals surface area (Å²) < 4.78 is 0. The van der Waals surface area contributed by atoms with E-state index in [1.165, 1.54) is 0 Å². The van der Waals surface area contributed by atoms with Gasteiger partial charge in [-0.1, -0.05) is 17.3 Å². The zero-order chi connectivity index (χ0) is 12.7. The third-order valence-corrected chi connectivity index (χ3v) is 2.75. The molecule has 0 aliphatic heterocycles. The second-order valence-corrected chi connectivity index (χ2v) is 4.30. The SMILES string of the molecule is CSCCNC(=O)c1ccc(C(N)=NO)cc1. The molecule has 1 amide bonds. The Hall–Kier alpha value is -1.69. The van der Waals surface area contributed by atoms with E-state index < -0.39 is 0 Å². The van der Waals surface area contributed by atoms with Crippen molar-refractivity contribution in [3.8, 4) is 0 Å². The molecule has 5 nitrogen and oxygen atoms in total. The third-order valence-electron chi connectivity index (χ3n) is 2.14. The first kappa shape index (κ1) is 13.4. The van der Waals surface area contributed by atoms with E-state index in [2.05, 4.69) is 10.5 Å². The molecule has 4 N–H and O–H groups in total. The molecule has 6 heteroatoms. The minimum Gasteiger partial charge on any atom is -0.409 e. The lowest BCUT2D eigenvalue weighted by molar-refractivity contribution is 0.0956. The van der Waals surface area contributed by atoms with E-state index in [1.54, 1.807) is 36.0 Å². The summed E-state index contributed by atoms with van der Waals surface area (Å²) in [5.74, 6) is 0.790. The Balaban J connectivity index is 2.64. The summed E-state index contributed by atoms with van der Waals surface area (Å²) in [6.07, 6.45) is 1.98. The number of nitrogens with zero attached hydrogens (tertiary/aromatic N) is 1. The first-order valence-corrected chi connectivity index (χ1v) is 6.43. The number of thioether (sulfide) groups is 1. The van der Waals surface area contributed by atoms with E-state index in [4.69, 9.17) is 10.9 Å². The summed E-state index contributed by atoms with van der Waals surface area (Å²) in [4.78, 5) is 11.6. The lowest BCUT2D eigenvalue weighted by Gasteiger charge is -2.04. The summed E-state index contributed by atoms with van der Waals surface area (Å²) in [6.45, 7) is 0.641. The largest absolute Gasteiger partial charge is 0.409 e. The molecule has 0 atom stereocenters. The number of oxime groups is 1. The van der Waals surface area contributed by atoms with Gasteiger partial charge in [-0.3, -0.25) is 4.79 Å². The predicted octanol–water partition coefficient (Wildman–Crippen LogP) is 0.874. The van der Waals surface area contributed by atoms with Crippen molar-refractivity contribution in [3.05, 3.63) is 35.4 Å². The predicted molar refractivity (Wildman–Crippen MR) is 69.7 cm³/mol. The number of carbonyl (C=O) groups excluding carboxylic acids is 1. The molecular formula is C11H15N3O2S. The zero-order valence-corrected chi connectivity index (χ0v) is 10.3. The minimum atomic E-state index is -0.120. The Morgan fingerprint density at radius 2 is 2.00 bits per heavy atom. The molecule has 1 aromatic carbocycles. The quantitative estimate of drug-likeness (QED) is 0.239. The minimum absolute atomic E-state index is 0.0272. The van der Waals surface area contributed by atoms with Crippen molar-refractivity contribution in [2.45, 2.75) is 0 Å². The van der Waals surface area contributed by atoms with Crippen LogP contribution in [-0.2, 0) is 0 Å². The topological polar surface area (TPSA) is 87.7 Å². The van der Waals surface area contributed by atoms with Crippen LogP contribution in [0.3, 0.4) is 0 Å².